The first-order valence-electron chi connectivity index (χ1n) is 14.6. The number of fused-ring (bicyclic) bond motifs is 1. The van der Waals surface area contributed by atoms with Gasteiger partial charge in [-0.2, -0.15) is 4.98 Å². The van der Waals surface area contributed by atoms with Crippen LogP contribution in [0.4, 0.5) is 20.3 Å². The third-order valence-corrected chi connectivity index (χ3v) is 7.93. The highest BCUT2D eigenvalue weighted by Gasteiger charge is 2.34. The van der Waals surface area contributed by atoms with Gasteiger partial charge in [0.15, 0.2) is 11.5 Å². The number of piperazine rings is 1. The molecule has 10 nitrogen and oxygen atoms in total. The second-order valence-electron chi connectivity index (χ2n) is 11.8. The van der Waals surface area contributed by atoms with Crippen molar-refractivity contribution in [3.63, 3.8) is 0 Å². The Bertz CT molecular complexity index is 1780. The predicted octanol–water partition coefficient (Wildman–Crippen LogP) is 4.96. The molecule has 3 aromatic heterocycles. The molecule has 0 radical (unpaired) electrons. The van der Waals surface area contributed by atoms with Crippen molar-refractivity contribution in [2.75, 3.05) is 23.7 Å². The van der Waals surface area contributed by atoms with Crippen molar-refractivity contribution < 1.29 is 13.6 Å². The first-order valence-corrected chi connectivity index (χ1v) is 14.6. The minimum absolute atomic E-state index is 0.00151. The van der Waals surface area contributed by atoms with Gasteiger partial charge in [-0.1, -0.05) is 40.3 Å². The number of carbonyl (C=O) groups is 1. The highest BCUT2D eigenvalue weighted by atomic mass is 19.1. The van der Waals surface area contributed by atoms with Crippen LogP contribution in [-0.2, 0) is 4.79 Å². The molecule has 2 atom stereocenters. The summed E-state index contributed by atoms with van der Waals surface area (Å²) < 4.78 is 32.4. The number of carbonyl (C=O) groups excluding carboxylic acids is 1. The second-order valence-corrected chi connectivity index (χ2v) is 11.8. The van der Waals surface area contributed by atoms with Gasteiger partial charge in [-0.25, -0.2) is 33.1 Å². The number of rotatable bonds is 6. The minimum Gasteiger partial charge on any atom is -0.398 e. The third kappa shape index (κ3) is 5.18. The van der Waals surface area contributed by atoms with Crippen LogP contribution in [-0.4, -0.2) is 60.5 Å². The van der Waals surface area contributed by atoms with Crippen LogP contribution in [0.3, 0.4) is 0 Å². The summed E-state index contributed by atoms with van der Waals surface area (Å²) in [6.45, 7) is 15.8. The maximum Gasteiger partial charge on any atom is 0.355 e. The fourth-order valence-electron chi connectivity index (χ4n) is 6.03. The molecule has 2 unspecified atom stereocenters. The van der Waals surface area contributed by atoms with Gasteiger partial charge in [0.1, 0.15) is 23.7 Å². The lowest BCUT2D eigenvalue weighted by molar-refractivity contribution is -0.130. The molecule has 44 heavy (non-hydrogen) atoms. The first-order chi connectivity index (χ1) is 20.8. The zero-order valence-electron chi connectivity index (χ0n) is 25.7. The summed E-state index contributed by atoms with van der Waals surface area (Å²) in [5, 5.41) is 0.233. The van der Waals surface area contributed by atoms with Gasteiger partial charge in [-0.15, -0.1) is 0 Å². The molecule has 1 aliphatic rings. The summed E-state index contributed by atoms with van der Waals surface area (Å²) >= 11 is 0. The highest BCUT2D eigenvalue weighted by molar-refractivity contribution is 5.92. The number of nitrogens with two attached hydrogens (primary N) is 1. The molecule has 1 aliphatic heterocycles. The lowest BCUT2D eigenvalue weighted by atomic mass is 10.0. The molecule has 0 spiro atoms. The molecule has 1 fully saturated rings. The van der Waals surface area contributed by atoms with E-state index in [1.807, 2.05) is 46.4 Å². The largest absolute Gasteiger partial charge is 0.398 e. The number of nitrogens with zero attached hydrogens (tertiary/aromatic N) is 7. The number of pyridine rings is 1. The molecule has 0 saturated carbocycles. The monoisotopic (exact) mass is 602 g/mol. The standard InChI is InChI=1S/C32H36F2N8O2/c1-8-24(43)41-18(6)13-40(14-19(41)7)30-20-12-22(34)28(25-21(33)10-9-11-23(25)35)38-31(20)42(32(44)39-30)29-26(16(2)3)36-15-37-27(29)17(4)5/h8-12,15-19H,1,13-14,35H2,2-7H3. The Kier molecular flexibility index (Phi) is 8.19. The number of hydrogen-bond acceptors (Lipinski definition) is 8. The predicted molar refractivity (Wildman–Crippen MR) is 167 cm³/mol. The van der Waals surface area contributed by atoms with Crippen LogP contribution in [0.15, 0.2) is 48.0 Å². The average Bonchev–Trinajstić information content (AvgIpc) is 2.96. The first kappa shape index (κ1) is 30.7. The van der Waals surface area contributed by atoms with Crippen LogP contribution in [0, 0.1) is 11.6 Å². The van der Waals surface area contributed by atoms with Crippen molar-refractivity contribution in [3.8, 4) is 16.9 Å². The third-order valence-electron chi connectivity index (χ3n) is 7.93. The molecule has 4 aromatic rings. The van der Waals surface area contributed by atoms with Crippen LogP contribution < -0.4 is 16.3 Å². The fraction of sp³-hybridized carbons (Fsp3) is 0.375. The van der Waals surface area contributed by atoms with E-state index < -0.39 is 17.3 Å². The van der Waals surface area contributed by atoms with E-state index in [4.69, 9.17) is 5.73 Å². The molecule has 1 aromatic carbocycles. The summed E-state index contributed by atoms with van der Waals surface area (Å²) in [6, 6.07) is 4.75. The van der Waals surface area contributed by atoms with Gasteiger partial charge < -0.3 is 15.5 Å². The van der Waals surface area contributed by atoms with E-state index in [0.29, 0.717) is 30.2 Å². The lowest BCUT2D eigenvalue weighted by Crippen LogP contribution is -2.58. The van der Waals surface area contributed by atoms with Crippen molar-refractivity contribution in [1.29, 1.82) is 0 Å². The summed E-state index contributed by atoms with van der Waals surface area (Å²) in [5.41, 5.74) is 6.51. The summed E-state index contributed by atoms with van der Waals surface area (Å²) in [6.07, 6.45) is 2.72. The van der Waals surface area contributed by atoms with Crippen molar-refractivity contribution in [1.82, 2.24) is 29.4 Å². The van der Waals surface area contributed by atoms with Crippen LogP contribution in [0.1, 0.15) is 64.8 Å². The van der Waals surface area contributed by atoms with E-state index >= 15 is 8.78 Å². The molecular weight excluding hydrogens is 566 g/mol. The Balaban J connectivity index is 1.87. The molecule has 0 bridgehead atoms. The highest BCUT2D eigenvalue weighted by Crippen LogP contribution is 2.36. The van der Waals surface area contributed by atoms with Gasteiger partial charge in [0.05, 0.1) is 28.0 Å². The summed E-state index contributed by atoms with van der Waals surface area (Å²) in [5.74, 6) is -1.82. The zero-order valence-corrected chi connectivity index (χ0v) is 25.7. The Morgan fingerprint density at radius 1 is 1.02 bits per heavy atom. The van der Waals surface area contributed by atoms with E-state index in [2.05, 4.69) is 26.5 Å². The Morgan fingerprint density at radius 2 is 1.64 bits per heavy atom. The molecule has 230 valence electrons. The Morgan fingerprint density at radius 3 is 2.18 bits per heavy atom. The number of nitrogen functional groups attached to an aromatic ring is 1. The maximum absolute atomic E-state index is 16.0. The SMILES string of the molecule is C=CC(=O)N1C(C)CN(c2nc(=O)n(-c3c(C(C)C)ncnc3C(C)C)c3nc(-c4c(N)cccc4F)c(F)cc23)CC1C. The quantitative estimate of drug-likeness (QED) is 0.243. The molecule has 5 rings (SSSR count). The number of hydrogen-bond donors (Lipinski definition) is 1. The lowest BCUT2D eigenvalue weighted by Gasteiger charge is -2.44. The van der Waals surface area contributed by atoms with Gasteiger partial charge in [0, 0.05) is 30.9 Å². The molecule has 2 N–H and O–H groups in total. The second kappa shape index (κ2) is 11.7. The normalized spacial score (nSPS) is 17.1. The molecule has 4 heterocycles. The van der Waals surface area contributed by atoms with Crippen LogP contribution in [0.25, 0.3) is 28.0 Å². The zero-order chi connectivity index (χ0) is 32.0. The molecule has 12 heteroatoms. The Hall–Kier alpha value is -4.74. The number of halogens is 2. The number of benzene rings is 1. The van der Waals surface area contributed by atoms with Crippen molar-refractivity contribution in [2.45, 2.75) is 65.5 Å². The maximum atomic E-state index is 16.0. The topological polar surface area (TPSA) is 123 Å². The Labute approximate surface area is 254 Å². The van der Waals surface area contributed by atoms with E-state index in [-0.39, 0.29) is 63.6 Å². The van der Waals surface area contributed by atoms with Crippen molar-refractivity contribution in [3.05, 3.63) is 76.8 Å². The molecular formula is C32H36F2N8O2. The number of amides is 1. The van der Waals surface area contributed by atoms with E-state index in [0.717, 1.165) is 0 Å². The summed E-state index contributed by atoms with van der Waals surface area (Å²) in [7, 11) is 0. The fourth-order valence-corrected chi connectivity index (χ4v) is 6.03. The van der Waals surface area contributed by atoms with Gasteiger partial charge in [0.2, 0.25) is 5.91 Å². The van der Waals surface area contributed by atoms with Crippen molar-refractivity contribution in [2.24, 2.45) is 0 Å². The average molecular weight is 603 g/mol. The smallest absolute Gasteiger partial charge is 0.355 e. The van der Waals surface area contributed by atoms with Gasteiger partial charge in [-0.3, -0.25) is 4.79 Å². The van der Waals surface area contributed by atoms with E-state index in [1.165, 1.54) is 41.2 Å². The number of aromatic nitrogens is 5. The van der Waals surface area contributed by atoms with Crippen LogP contribution >= 0.6 is 0 Å². The summed E-state index contributed by atoms with van der Waals surface area (Å²) in [4.78, 5) is 48.4. The van der Waals surface area contributed by atoms with Crippen LogP contribution in [0.2, 0.25) is 0 Å². The molecule has 1 saturated heterocycles. The van der Waals surface area contributed by atoms with Gasteiger partial charge in [0.25, 0.3) is 0 Å². The molecule has 0 aliphatic carbocycles. The van der Waals surface area contributed by atoms with E-state index in [9.17, 15) is 9.59 Å². The van der Waals surface area contributed by atoms with Crippen molar-refractivity contribution >= 4 is 28.4 Å². The minimum atomic E-state index is -0.832. The van der Waals surface area contributed by atoms with Crippen LogP contribution in [0.5, 0.6) is 0 Å². The molecule has 1 amide bonds. The van der Waals surface area contributed by atoms with Gasteiger partial charge in [-0.05, 0) is 50.0 Å². The number of anilines is 2. The van der Waals surface area contributed by atoms with Gasteiger partial charge >= 0.3 is 5.69 Å². The van der Waals surface area contributed by atoms with E-state index in [1.54, 1.807) is 4.90 Å².